The van der Waals surface area contributed by atoms with E-state index in [-0.39, 0.29) is 18.2 Å². The number of esters is 1. The van der Waals surface area contributed by atoms with E-state index >= 15 is 0 Å². The second-order valence-electron chi connectivity index (χ2n) is 3.63. The minimum Gasteiger partial charge on any atom is -0.452 e. The molecule has 0 aromatic carbocycles. The van der Waals surface area contributed by atoms with Crippen LogP contribution in [0.4, 0.5) is 0 Å². The number of carbonyl (C=O) groups is 1. The molecule has 72 valence electrons. The molecule has 0 aliphatic carbocycles. The van der Waals surface area contributed by atoms with Gasteiger partial charge in [0.15, 0.2) is 5.79 Å². The molecule has 0 amide bonds. The Bertz CT molecular complexity index is 256. The number of carbonyl (C=O) groups excluding carboxylic acids is 1. The molecular formula is C9H12O4. The summed E-state index contributed by atoms with van der Waals surface area (Å²) < 4.78 is 15.9. The maximum atomic E-state index is 10.8. The summed E-state index contributed by atoms with van der Waals surface area (Å²) in [4.78, 5) is 10.8. The van der Waals surface area contributed by atoms with Gasteiger partial charge in [-0.25, -0.2) is 4.79 Å². The van der Waals surface area contributed by atoms with Gasteiger partial charge in [0.25, 0.3) is 0 Å². The first-order valence-electron chi connectivity index (χ1n) is 4.27. The summed E-state index contributed by atoms with van der Waals surface area (Å²) >= 11 is 0. The zero-order valence-electron chi connectivity index (χ0n) is 7.65. The van der Waals surface area contributed by atoms with Crippen LogP contribution in [-0.2, 0) is 19.0 Å². The van der Waals surface area contributed by atoms with E-state index < -0.39 is 5.79 Å². The van der Waals surface area contributed by atoms with Gasteiger partial charge in [0.2, 0.25) is 0 Å². The van der Waals surface area contributed by atoms with Gasteiger partial charge < -0.3 is 14.2 Å². The highest BCUT2D eigenvalue weighted by atomic mass is 16.8. The van der Waals surface area contributed by atoms with Crippen LogP contribution in [0.25, 0.3) is 0 Å². The number of rotatable bonds is 1. The van der Waals surface area contributed by atoms with Crippen molar-refractivity contribution in [3.8, 4) is 0 Å². The topological polar surface area (TPSA) is 44.8 Å². The molecule has 0 unspecified atom stereocenters. The first-order valence-corrected chi connectivity index (χ1v) is 4.27. The lowest BCUT2D eigenvalue weighted by molar-refractivity contribution is -0.159. The highest BCUT2D eigenvalue weighted by molar-refractivity contribution is 5.84. The average molecular weight is 184 g/mol. The number of cyclic esters (lactones) is 1. The van der Waals surface area contributed by atoms with Crippen LogP contribution in [0.2, 0.25) is 0 Å². The predicted molar refractivity (Wildman–Crippen MR) is 43.9 cm³/mol. The Balaban J connectivity index is 1.97. The predicted octanol–water partition coefficient (Wildman–Crippen LogP) is 0.619. The third kappa shape index (κ3) is 1.73. The molecule has 4 heteroatoms. The van der Waals surface area contributed by atoms with Crippen molar-refractivity contribution in [3.05, 3.63) is 12.2 Å². The van der Waals surface area contributed by atoms with Crippen molar-refractivity contribution in [2.24, 2.45) is 0 Å². The highest BCUT2D eigenvalue weighted by Crippen LogP contribution is 2.27. The van der Waals surface area contributed by atoms with E-state index in [0.29, 0.717) is 6.61 Å². The lowest BCUT2D eigenvalue weighted by Crippen LogP contribution is -2.30. The Morgan fingerprint density at radius 1 is 1.54 bits per heavy atom. The summed E-state index contributed by atoms with van der Waals surface area (Å²) in [6.45, 7) is 4.15. The summed E-state index contributed by atoms with van der Waals surface area (Å²) in [6.07, 6.45) is 2.67. The molecule has 2 aliphatic heterocycles. The molecule has 2 heterocycles. The lowest BCUT2D eigenvalue weighted by Gasteiger charge is -2.19. The fraction of sp³-hybridized carbons (Fsp3) is 0.667. The molecule has 2 aliphatic rings. The summed E-state index contributed by atoms with van der Waals surface area (Å²) in [5.74, 6) is -0.869. The van der Waals surface area contributed by atoms with Gasteiger partial charge in [0.1, 0.15) is 12.2 Å². The fourth-order valence-corrected chi connectivity index (χ4v) is 1.46. The van der Waals surface area contributed by atoms with Crippen LogP contribution in [-0.4, -0.2) is 30.6 Å². The largest absolute Gasteiger partial charge is 0.452 e. The zero-order chi connectivity index (χ0) is 9.47. The van der Waals surface area contributed by atoms with Crippen molar-refractivity contribution in [1.82, 2.24) is 0 Å². The standard InChI is InChI=1S/C9H12O4/c1-9(2)11-5-7(13-9)6-3-4-8(10)12-6/h3-4,6-7H,5H2,1-2H3/t6-,7-/m0/s1. The van der Waals surface area contributed by atoms with Gasteiger partial charge in [0.05, 0.1) is 6.61 Å². The highest BCUT2D eigenvalue weighted by Gasteiger charge is 2.39. The van der Waals surface area contributed by atoms with E-state index in [9.17, 15) is 4.79 Å². The van der Waals surface area contributed by atoms with Crippen LogP contribution in [0.1, 0.15) is 13.8 Å². The van der Waals surface area contributed by atoms with Crippen molar-refractivity contribution in [2.45, 2.75) is 31.8 Å². The van der Waals surface area contributed by atoms with Crippen LogP contribution in [0.5, 0.6) is 0 Å². The Hall–Kier alpha value is -0.870. The van der Waals surface area contributed by atoms with Crippen LogP contribution in [0.15, 0.2) is 12.2 Å². The molecule has 0 aromatic rings. The van der Waals surface area contributed by atoms with Gasteiger partial charge in [-0.05, 0) is 19.9 Å². The molecule has 0 bridgehead atoms. The number of ether oxygens (including phenoxy) is 3. The summed E-state index contributed by atoms with van der Waals surface area (Å²) in [5, 5.41) is 0. The molecule has 0 aromatic heterocycles. The third-order valence-electron chi connectivity index (χ3n) is 2.07. The van der Waals surface area contributed by atoms with E-state index in [2.05, 4.69) is 0 Å². The van der Waals surface area contributed by atoms with E-state index in [4.69, 9.17) is 14.2 Å². The second kappa shape index (κ2) is 2.82. The Kier molecular flexibility index (Phi) is 1.89. The van der Waals surface area contributed by atoms with Crippen molar-refractivity contribution in [3.63, 3.8) is 0 Å². The maximum absolute atomic E-state index is 10.8. The van der Waals surface area contributed by atoms with Gasteiger partial charge in [0, 0.05) is 6.08 Å². The minimum atomic E-state index is -0.562. The first-order chi connectivity index (χ1) is 6.07. The van der Waals surface area contributed by atoms with Crippen molar-refractivity contribution in [1.29, 1.82) is 0 Å². The molecule has 2 rings (SSSR count). The molecule has 13 heavy (non-hydrogen) atoms. The molecule has 0 radical (unpaired) electrons. The van der Waals surface area contributed by atoms with E-state index in [1.165, 1.54) is 6.08 Å². The number of hydrogen-bond donors (Lipinski definition) is 0. The van der Waals surface area contributed by atoms with E-state index in [1.807, 2.05) is 13.8 Å². The van der Waals surface area contributed by atoms with Gasteiger partial charge in [-0.3, -0.25) is 0 Å². The van der Waals surface area contributed by atoms with Crippen molar-refractivity contribution >= 4 is 5.97 Å². The van der Waals surface area contributed by atoms with Gasteiger partial charge in [-0.15, -0.1) is 0 Å². The number of hydrogen-bond acceptors (Lipinski definition) is 4. The second-order valence-corrected chi connectivity index (χ2v) is 3.63. The Morgan fingerprint density at radius 2 is 2.31 bits per heavy atom. The molecule has 1 fully saturated rings. The zero-order valence-corrected chi connectivity index (χ0v) is 7.65. The van der Waals surface area contributed by atoms with Crippen LogP contribution >= 0.6 is 0 Å². The lowest BCUT2D eigenvalue weighted by atomic mass is 10.2. The SMILES string of the molecule is CC1(C)OC[C@@H]([C@@H]2C=CC(=O)O2)O1. The average Bonchev–Trinajstić information content (AvgIpc) is 2.56. The third-order valence-corrected chi connectivity index (χ3v) is 2.07. The van der Waals surface area contributed by atoms with Gasteiger partial charge >= 0.3 is 5.97 Å². The molecule has 4 nitrogen and oxygen atoms in total. The van der Waals surface area contributed by atoms with Crippen molar-refractivity contribution in [2.75, 3.05) is 6.61 Å². The van der Waals surface area contributed by atoms with Gasteiger partial charge in [-0.2, -0.15) is 0 Å². The summed E-state index contributed by atoms with van der Waals surface area (Å²) in [5.41, 5.74) is 0. The quantitative estimate of drug-likeness (QED) is 0.560. The Morgan fingerprint density at radius 3 is 2.77 bits per heavy atom. The normalized spacial score (nSPS) is 36.6. The smallest absolute Gasteiger partial charge is 0.331 e. The van der Waals surface area contributed by atoms with Crippen molar-refractivity contribution < 1.29 is 19.0 Å². The fourth-order valence-electron chi connectivity index (χ4n) is 1.46. The van der Waals surface area contributed by atoms with Crippen LogP contribution in [0, 0.1) is 0 Å². The van der Waals surface area contributed by atoms with Gasteiger partial charge in [-0.1, -0.05) is 0 Å². The summed E-state index contributed by atoms with van der Waals surface area (Å²) in [6, 6.07) is 0. The first kappa shape index (κ1) is 8.72. The molecular weight excluding hydrogens is 172 g/mol. The Labute approximate surface area is 76.5 Å². The van der Waals surface area contributed by atoms with Crippen LogP contribution < -0.4 is 0 Å². The maximum Gasteiger partial charge on any atom is 0.331 e. The molecule has 0 saturated carbocycles. The molecule has 1 saturated heterocycles. The monoisotopic (exact) mass is 184 g/mol. The molecule has 2 atom stereocenters. The van der Waals surface area contributed by atoms with E-state index in [1.54, 1.807) is 6.08 Å². The molecule has 0 N–H and O–H groups in total. The minimum absolute atomic E-state index is 0.169. The van der Waals surface area contributed by atoms with E-state index in [0.717, 1.165) is 0 Å². The summed E-state index contributed by atoms with van der Waals surface area (Å²) in [7, 11) is 0. The van der Waals surface area contributed by atoms with Crippen LogP contribution in [0.3, 0.4) is 0 Å². The molecule has 0 spiro atoms.